The molecule has 192 valence electrons. The zero-order valence-electron chi connectivity index (χ0n) is 21.3. The van der Waals surface area contributed by atoms with E-state index in [1.807, 2.05) is 7.05 Å². The summed E-state index contributed by atoms with van der Waals surface area (Å²) in [4.78, 5) is 4.74. The van der Waals surface area contributed by atoms with Crippen molar-refractivity contribution in [2.45, 2.75) is 25.2 Å². The van der Waals surface area contributed by atoms with Crippen LogP contribution in [0.5, 0.6) is 11.5 Å². The van der Waals surface area contributed by atoms with Gasteiger partial charge in [0.15, 0.2) is 23.1 Å². The standard InChI is InChI=1S/C27H33F2N5O2/c1-30-20-8-6-17(34-11-9-33(2)10-12-34)14-19(20)27-18-7-5-16(13-21(18)31-32-27)24-25(28)22(35-3)15-23(36-4)26(24)29/h6,8,14-16,30H,5,7,9-13H2,1-4H3,(H,31,32)/t16-/m0/s1. The molecule has 1 atom stereocenters. The molecule has 1 saturated heterocycles. The fourth-order valence-corrected chi connectivity index (χ4v) is 5.45. The number of anilines is 2. The number of aromatic amines is 1. The highest BCUT2D eigenvalue weighted by Gasteiger charge is 2.32. The summed E-state index contributed by atoms with van der Waals surface area (Å²) in [5.74, 6) is -1.71. The van der Waals surface area contributed by atoms with Crippen molar-refractivity contribution >= 4 is 11.4 Å². The largest absolute Gasteiger partial charge is 0.494 e. The second-order valence-corrected chi connectivity index (χ2v) is 9.56. The van der Waals surface area contributed by atoms with E-state index in [-0.39, 0.29) is 23.0 Å². The Balaban J connectivity index is 1.47. The number of benzene rings is 2. The molecule has 1 aromatic heterocycles. The number of rotatable bonds is 6. The number of ether oxygens (including phenoxy) is 2. The SMILES string of the molecule is CNc1ccc(N2CCN(C)CC2)cc1-c1n[nH]c2c1CC[C@H](c1c(F)c(OC)cc(OC)c1F)C2. The highest BCUT2D eigenvalue weighted by molar-refractivity contribution is 5.81. The molecule has 2 aliphatic rings. The zero-order valence-corrected chi connectivity index (χ0v) is 21.3. The van der Waals surface area contributed by atoms with E-state index < -0.39 is 11.6 Å². The Morgan fingerprint density at radius 1 is 1.03 bits per heavy atom. The van der Waals surface area contributed by atoms with Crippen molar-refractivity contribution in [3.05, 3.63) is 52.7 Å². The summed E-state index contributed by atoms with van der Waals surface area (Å²) in [6.07, 6.45) is 1.71. The molecule has 1 aliphatic carbocycles. The minimum absolute atomic E-state index is 0.0148. The van der Waals surface area contributed by atoms with Crippen molar-refractivity contribution in [3.63, 3.8) is 0 Å². The summed E-state index contributed by atoms with van der Waals surface area (Å²) in [6, 6.07) is 7.70. The van der Waals surface area contributed by atoms with Gasteiger partial charge in [-0.1, -0.05) is 0 Å². The molecule has 1 fully saturated rings. The van der Waals surface area contributed by atoms with Crippen molar-refractivity contribution in [2.24, 2.45) is 0 Å². The molecule has 0 radical (unpaired) electrons. The molecule has 9 heteroatoms. The van der Waals surface area contributed by atoms with Crippen LogP contribution < -0.4 is 19.7 Å². The maximum atomic E-state index is 15.2. The van der Waals surface area contributed by atoms with Crippen LogP contribution in [0, 0.1) is 11.6 Å². The molecule has 7 nitrogen and oxygen atoms in total. The number of halogens is 2. The second-order valence-electron chi connectivity index (χ2n) is 9.56. The highest BCUT2D eigenvalue weighted by Crippen LogP contribution is 2.43. The first-order chi connectivity index (χ1) is 17.4. The van der Waals surface area contributed by atoms with Crippen LogP contribution in [0.3, 0.4) is 0 Å². The van der Waals surface area contributed by atoms with Gasteiger partial charge in [0, 0.05) is 73.1 Å². The summed E-state index contributed by atoms with van der Waals surface area (Å²) >= 11 is 0. The van der Waals surface area contributed by atoms with Crippen molar-refractivity contribution in [2.75, 3.05) is 64.7 Å². The monoisotopic (exact) mass is 497 g/mol. The molecule has 2 heterocycles. The molecule has 5 rings (SSSR count). The summed E-state index contributed by atoms with van der Waals surface area (Å²) < 4.78 is 40.6. The predicted octanol–water partition coefficient (Wildman–Crippen LogP) is 4.44. The Labute approximate surface area is 210 Å². The predicted molar refractivity (Wildman–Crippen MR) is 138 cm³/mol. The van der Waals surface area contributed by atoms with Gasteiger partial charge in [-0.05, 0) is 50.4 Å². The minimum atomic E-state index is -0.665. The van der Waals surface area contributed by atoms with Gasteiger partial charge in [0.1, 0.15) is 0 Å². The molecule has 0 saturated carbocycles. The van der Waals surface area contributed by atoms with Crippen LogP contribution >= 0.6 is 0 Å². The number of nitrogens with one attached hydrogen (secondary N) is 2. The number of hydrogen-bond acceptors (Lipinski definition) is 6. The molecule has 1 aliphatic heterocycles. The fourth-order valence-electron chi connectivity index (χ4n) is 5.45. The number of piperazine rings is 1. The van der Waals surface area contributed by atoms with Crippen molar-refractivity contribution in [1.82, 2.24) is 15.1 Å². The molecular weight excluding hydrogens is 464 g/mol. The Kier molecular flexibility index (Phi) is 6.75. The number of hydrogen-bond donors (Lipinski definition) is 2. The molecule has 3 aromatic rings. The van der Waals surface area contributed by atoms with Crippen LogP contribution in [0.2, 0.25) is 0 Å². The van der Waals surface area contributed by atoms with Gasteiger partial charge < -0.3 is 24.6 Å². The van der Waals surface area contributed by atoms with Crippen LogP contribution in [-0.2, 0) is 12.8 Å². The third kappa shape index (κ3) is 4.25. The Hall–Kier alpha value is -3.33. The van der Waals surface area contributed by atoms with Gasteiger partial charge in [-0.3, -0.25) is 5.10 Å². The third-order valence-electron chi connectivity index (χ3n) is 7.56. The first-order valence-electron chi connectivity index (χ1n) is 12.4. The topological polar surface area (TPSA) is 65.7 Å². The molecule has 0 unspecified atom stereocenters. The lowest BCUT2D eigenvalue weighted by Crippen LogP contribution is -2.44. The van der Waals surface area contributed by atoms with E-state index in [4.69, 9.17) is 9.47 Å². The number of aromatic nitrogens is 2. The fraction of sp³-hybridized carbons (Fsp3) is 0.444. The van der Waals surface area contributed by atoms with Gasteiger partial charge in [-0.15, -0.1) is 0 Å². The Morgan fingerprint density at radius 2 is 1.72 bits per heavy atom. The normalized spacial score (nSPS) is 18.2. The van der Waals surface area contributed by atoms with Gasteiger partial charge in [0.05, 0.1) is 19.9 Å². The van der Waals surface area contributed by atoms with Gasteiger partial charge in [-0.2, -0.15) is 5.10 Å². The van der Waals surface area contributed by atoms with E-state index >= 15 is 8.78 Å². The summed E-state index contributed by atoms with van der Waals surface area (Å²) in [5, 5.41) is 11.2. The maximum absolute atomic E-state index is 15.2. The van der Waals surface area contributed by atoms with Crippen LogP contribution in [-0.4, -0.2) is 69.6 Å². The van der Waals surface area contributed by atoms with Gasteiger partial charge in [-0.25, -0.2) is 8.78 Å². The quantitative estimate of drug-likeness (QED) is 0.525. The van der Waals surface area contributed by atoms with Gasteiger partial charge in [0.25, 0.3) is 0 Å². The third-order valence-corrected chi connectivity index (χ3v) is 7.56. The van der Waals surface area contributed by atoms with E-state index in [1.165, 1.54) is 26.0 Å². The summed E-state index contributed by atoms with van der Waals surface area (Å²) in [6.45, 7) is 4.03. The number of nitrogens with zero attached hydrogens (tertiary/aromatic N) is 3. The first-order valence-corrected chi connectivity index (χ1v) is 12.4. The average Bonchev–Trinajstić information content (AvgIpc) is 3.32. The zero-order chi connectivity index (χ0) is 25.4. The summed E-state index contributed by atoms with van der Waals surface area (Å²) in [7, 11) is 6.80. The lowest BCUT2D eigenvalue weighted by atomic mass is 9.81. The molecular formula is C27H33F2N5O2. The Bertz CT molecular complexity index is 1230. The van der Waals surface area contributed by atoms with Crippen LogP contribution in [0.4, 0.5) is 20.2 Å². The summed E-state index contributed by atoms with van der Waals surface area (Å²) in [5.41, 5.74) is 6.14. The van der Waals surface area contributed by atoms with Crippen LogP contribution in [0.1, 0.15) is 29.2 Å². The maximum Gasteiger partial charge on any atom is 0.171 e. The van der Waals surface area contributed by atoms with E-state index in [1.54, 1.807) is 0 Å². The minimum Gasteiger partial charge on any atom is -0.494 e. The number of fused-ring (bicyclic) bond motifs is 1. The van der Waals surface area contributed by atoms with Crippen LogP contribution in [0.15, 0.2) is 24.3 Å². The first kappa shape index (κ1) is 24.4. The molecule has 0 spiro atoms. The van der Waals surface area contributed by atoms with Crippen molar-refractivity contribution < 1.29 is 18.3 Å². The van der Waals surface area contributed by atoms with Gasteiger partial charge in [0.2, 0.25) is 0 Å². The number of H-pyrrole nitrogens is 1. The van der Waals surface area contributed by atoms with Crippen LogP contribution in [0.25, 0.3) is 11.3 Å². The van der Waals surface area contributed by atoms with E-state index in [0.29, 0.717) is 19.3 Å². The molecule has 36 heavy (non-hydrogen) atoms. The molecule has 2 N–H and O–H groups in total. The number of methoxy groups -OCH3 is 2. The Morgan fingerprint density at radius 3 is 2.36 bits per heavy atom. The van der Waals surface area contributed by atoms with E-state index in [0.717, 1.165) is 54.4 Å². The molecule has 0 amide bonds. The lowest BCUT2D eigenvalue weighted by Gasteiger charge is -2.34. The molecule has 2 aromatic carbocycles. The highest BCUT2D eigenvalue weighted by atomic mass is 19.1. The second kappa shape index (κ2) is 9.97. The number of likely N-dealkylation sites (N-methyl/N-ethyl adjacent to an activating group) is 1. The van der Waals surface area contributed by atoms with Gasteiger partial charge >= 0.3 is 0 Å². The van der Waals surface area contributed by atoms with Crippen molar-refractivity contribution in [1.29, 1.82) is 0 Å². The van der Waals surface area contributed by atoms with E-state index in [9.17, 15) is 0 Å². The van der Waals surface area contributed by atoms with Crippen molar-refractivity contribution in [3.8, 4) is 22.8 Å². The average molecular weight is 498 g/mol. The van der Waals surface area contributed by atoms with E-state index in [2.05, 4.69) is 50.6 Å². The molecule has 0 bridgehead atoms. The lowest BCUT2D eigenvalue weighted by molar-refractivity contribution is 0.313. The smallest absolute Gasteiger partial charge is 0.171 e.